The molecule has 1 aliphatic heterocycles. The minimum atomic E-state index is -0.371. The van der Waals surface area contributed by atoms with E-state index in [-0.39, 0.29) is 36.5 Å². The van der Waals surface area contributed by atoms with Crippen LogP contribution in [-0.4, -0.2) is 70.6 Å². The molecule has 0 fully saturated rings. The number of anilines is 1. The largest absolute Gasteiger partial charge is 0.486 e. The van der Waals surface area contributed by atoms with Crippen LogP contribution in [0.1, 0.15) is 39.6 Å². The number of amides is 2. The number of aliphatic hydroxyl groups is 1. The van der Waals surface area contributed by atoms with Crippen LogP contribution in [-0.2, 0) is 6.54 Å². The first-order valence-corrected chi connectivity index (χ1v) is 14.3. The number of fused-ring (bicyclic) bond motifs is 2. The maximum atomic E-state index is 13.7. The third-order valence-electron chi connectivity index (χ3n) is 7.21. The predicted octanol–water partition coefficient (Wildman–Crippen LogP) is 4.90. The van der Waals surface area contributed by atoms with Gasteiger partial charge in [-0.1, -0.05) is 55.5 Å². The second kappa shape index (κ2) is 12.2. The highest BCUT2D eigenvalue weighted by Crippen LogP contribution is 2.35. The number of likely N-dealkylation sites (N-methyl/N-ethyl adjacent to an activating group) is 1. The standard InChI is InChI=1S/C31H34N4O4S/c1-20-16-35(21(2)19-36)31(38)23-12-9-14-25(32-29(37)30-33-24-13-7-8-15-27(24)40-30)28(23)39-26(20)18-34(3)17-22-10-5-4-6-11-22/h4-15,20-21,26,36H,16-19H2,1-3H3,(H,32,37)/t20-,21+,26-/m0/s1. The Morgan fingerprint density at radius 1 is 1.15 bits per heavy atom. The molecule has 0 saturated carbocycles. The van der Waals surface area contributed by atoms with E-state index in [1.807, 2.05) is 56.4 Å². The van der Waals surface area contributed by atoms with E-state index in [1.54, 1.807) is 23.1 Å². The molecule has 0 spiro atoms. The van der Waals surface area contributed by atoms with Gasteiger partial charge in [-0.3, -0.25) is 14.5 Å². The molecule has 0 radical (unpaired) electrons. The lowest BCUT2D eigenvalue weighted by molar-refractivity contribution is 0.0343. The molecule has 9 heteroatoms. The summed E-state index contributed by atoms with van der Waals surface area (Å²) in [6.07, 6.45) is -0.283. The molecule has 208 valence electrons. The Morgan fingerprint density at radius 3 is 2.65 bits per heavy atom. The van der Waals surface area contributed by atoms with Crippen molar-refractivity contribution in [1.82, 2.24) is 14.8 Å². The van der Waals surface area contributed by atoms with Crippen molar-refractivity contribution in [3.05, 3.63) is 88.9 Å². The molecule has 2 N–H and O–H groups in total. The zero-order valence-electron chi connectivity index (χ0n) is 22.9. The van der Waals surface area contributed by atoms with Gasteiger partial charge in [-0.05, 0) is 43.8 Å². The number of nitrogens with one attached hydrogen (secondary N) is 1. The van der Waals surface area contributed by atoms with E-state index in [2.05, 4.69) is 34.3 Å². The molecule has 40 heavy (non-hydrogen) atoms. The van der Waals surface area contributed by atoms with Crippen molar-refractivity contribution in [2.45, 2.75) is 32.5 Å². The number of thiazole rings is 1. The first-order chi connectivity index (χ1) is 19.3. The Kier molecular flexibility index (Phi) is 8.44. The van der Waals surface area contributed by atoms with Crippen LogP contribution in [0.2, 0.25) is 0 Å². The summed E-state index contributed by atoms with van der Waals surface area (Å²) in [6, 6.07) is 22.6. The number of hydrogen-bond donors (Lipinski definition) is 2. The summed E-state index contributed by atoms with van der Waals surface area (Å²) in [5.74, 6) is -0.311. The van der Waals surface area contributed by atoms with Crippen molar-refractivity contribution < 1.29 is 19.4 Å². The number of para-hydroxylation sites is 2. The van der Waals surface area contributed by atoms with E-state index in [4.69, 9.17) is 4.74 Å². The van der Waals surface area contributed by atoms with E-state index in [0.717, 1.165) is 16.8 Å². The fourth-order valence-corrected chi connectivity index (χ4v) is 5.83. The van der Waals surface area contributed by atoms with Gasteiger partial charge in [-0.25, -0.2) is 4.98 Å². The topological polar surface area (TPSA) is 95.0 Å². The number of hydrogen-bond acceptors (Lipinski definition) is 7. The zero-order chi connectivity index (χ0) is 28.2. The highest BCUT2D eigenvalue weighted by Gasteiger charge is 2.34. The molecule has 0 saturated heterocycles. The quantitative estimate of drug-likeness (QED) is 0.320. The highest BCUT2D eigenvalue weighted by atomic mass is 32.1. The molecule has 3 atom stereocenters. The number of aliphatic hydroxyl groups excluding tert-OH is 1. The number of rotatable bonds is 8. The zero-order valence-corrected chi connectivity index (χ0v) is 23.7. The van der Waals surface area contributed by atoms with Crippen LogP contribution in [0.3, 0.4) is 0 Å². The Balaban J connectivity index is 1.47. The number of ether oxygens (including phenoxy) is 1. The molecule has 2 amide bonds. The van der Waals surface area contributed by atoms with Crippen molar-refractivity contribution in [3.8, 4) is 5.75 Å². The molecular weight excluding hydrogens is 524 g/mol. The molecular formula is C31H34N4O4S. The van der Waals surface area contributed by atoms with Crippen molar-refractivity contribution in [2.24, 2.45) is 5.92 Å². The van der Waals surface area contributed by atoms with Gasteiger partial charge < -0.3 is 20.1 Å². The molecule has 0 unspecified atom stereocenters. The third kappa shape index (κ3) is 6.01. The normalized spacial score (nSPS) is 18.1. The van der Waals surface area contributed by atoms with Gasteiger partial charge in [0.1, 0.15) is 6.10 Å². The van der Waals surface area contributed by atoms with Crippen molar-refractivity contribution in [3.63, 3.8) is 0 Å². The van der Waals surface area contributed by atoms with Crippen LogP contribution in [0.25, 0.3) is 10.2 Å². The van der Waals surface area contributed by atoms with Gasteiger partial charge in [-0.15, -0.1) is 11.3 Å². The minimum absolute atomic E-state index is 0.0441. The van der Waals surface area contributed by atoms with E-state index >= 15 is 0 Å². The first-order valence-electron chi connectivity index (χ1n) is 13.4. The van der Waals surface area contributed by atoms with Crippen molar-refractivity contribution in [2.75, 3.05) is 32.1 Å². The summed E-state index contributed by atoms with van der Waals surface area (Å²) in [5.41, 5.74) is 2.72. The van der Waals surface area contributed by atoms with Crippen LogP contribution < -0.4 is 10.1 Å². The van der Waals surface area contributed by atoms with E-state index < -0.39 is 0 Å². The number of benzene rings is 3. The van der Waals surface area contributed by atoms with Crippen molar-refractivity contribution in [1.29, 1.82) is 0 Å². The average molecular weight is 559 g/mol. The third-order valence-corrected chi connectivity index (χ3v) is 8.25. The number of carbonyl (C=O) groups excluding carboxylic acids is 2. The van der Waals surface area contributed by atoms with Crippen LogP contribution in [0.4, 0.5) is 5.69 Å². The summed E-state index contributed by atoms with van der Waals surface area (Å²) < 4.78 is 7.56. The Labute approximate surface area is 238 Å². The maximum Gasteiger partial charge on any atom is 0.284 e. The molecule has 4 aromatic rings. The maximum absolute atomic E-state index is 13.7. The van der Waals surface area contributed by atoms with Crippen LogP contribution in [0.15, 0.2) is 72.8 Å². The van der Waals surface area contributed by atoms with Gasteiger partial charge in [0.05, 0.1) is 34.1 Å². The summed E-state index contributed by atoms with van der Waals surface area (Å²) in [5, 5.41) is 13.2. The Morgan fingerprint density at radius 2 is 1.90 bits per heavy atom. The van der Waals surface area contributed by atoms with Gasteiger partial charge in [0.15, 0.2) is 10.8 Å². The molecule has 1 aliphatic rings. The lowest BCUT2D eigenvalue weighted by Gasteiger charge is -2.38. The lowest BCUT2D eigenvalue weighted by atomic mass is 9.98. The van der Waals surface area contributed by atoms with Gasteiger partial charge in [0.2, 0.25) is 0 Å². The van der Waals surface area contributed by atoms with Gasteiger partial charge in [-0.2, -0.15) is 0 Å². The summed E-state index contributed by atoms with van der Waals surface area (Å²) >= 11 is 1.31. The van der Waals surface area contributed by atoms with Crippen molar-refractivity contribution >= 4 is 39.1 Å². The molecule has 0 bridgehead atoms. The number of carbonyl (C=O) groups is 2. The average Bonchev–Trinajstić information content (AvgIpc) is 3.40. The van der Waals surface area contributed by atoms with Gasteiger partial charge in [0.25, 0.3) is 11.8 Å². The molecule has 0 aliphatic carbocycles. The number of nitrogens with zero attached hydrogens (tertiary/aromatic N) is 3. The minimum Gasteiger partial charge on any atom is -0.486 e. The van der Waals surface area contributed by atoms with Gasteiger partial charge >= 0.3 is 0 Å². The molecule has 3 aromatic carbocycles. The number of aromatic nitrogens is 1. The fraction of sp³-hybridized carbons (Fsp3) is 0.323. The molecule has 1 aromatic heterocycles. The van der Waals surface area contributed by atoms with Crippen LogP contribution in [0, 0.1) is 5.92 Å². The van der Waals surface area contributed by atoms with E-state index in [0.29, 0.717) is 35.1 Å². The lowest BCUT2D eigenvalue weighted by Crippen LogP contribution is -2.49. The Bertz CT molecular complexity index is 1460. The first kappa shape index (κ1) is 27.8. The summed E-state index contributed by atoms with van der Waals surface area (Å²) in [7, 11) is 2.04. The second-order valence-corrected chi connectivity index (χ2v) is 11.5. The molecule has 5 rings (SSSR count). The molecule has 2 heterocycles. The van der Waals surface area contributed by atoms with Gasteiger partial charge in [0, 0.05) is 25.6 Å². The SMILES string of the molecule is C[C@H](CO)N1C[C@H](C)[C@H](CN(C)Cc2ccccc2)Oc2c(NC(=O)c3nc4ccccc4s3)cccc2C1=O. The Hall–Kier alpha value is -3.79. The van der Waals surface area contributed by atoms with E-state index in [1.165, 1.54) is 16.9 Å². The summed E-state index contributed by atoms with van der Waals surface area (Å²) in [4.78, 5) is 35.4. The smallest absolute Gasteiger partial charge is 0.284 e. The monoisotopic (exact) mass is 558 g/mol. The van der Waals surface area contributed by atoms with Crippen LogP contribution in [0.5, 0.6) is 5.75 Å². The van der Waals surface area contributed by atoms with Crippen LogP contribution >= 0.6 is 11.3 Å². The fourth-order valence-electron chi connectivity index (χ4n) is 4.97. The predicted molar refractivity (Wildman–Crippen MR) is 158 cm³/mol. The second-order valence-electron chi connectivity index (χ2n) is 10.4. The highest BCUT2D eigenvalue weighted by molar-refractivity contribution is 7.20. The van der Waals surface area contributed by atoms with E-state index in [9.17, 15) is 14.7 Å². The summed E-state index contributed by atoms with van der Waals surface area (Å²) in [6.45, 7) is 5.52. The molecule has 8 nitrogen and oxygen atoms in total.